The SMILES string of the molecule is CNC1CC(C)(C)Cc2nc(-c3cc(Br)cs3)sc21. The molecule has 0 spiro atoms. The van der Waals surface area contributed by atoms with Crippen molar-refractivity contribution in [3.63, 3.8) is 0 Å². The smallest absolute Gasteiger partial charge is 0.133 e. The molecule has 0 bridgehead atoms. The first kappa shape index (κ1) is 13.7. The van der Waals surface area contributed by atoms with E-state index in [4.69, 9.17) is 4.98 Å². The molecule has 1 N–H and O–H groups in total. The summed E-state index contributed by atoms with van der Waals surface area (Å²) in [4.78, 5) is 7.59. The average molecular weight is 357 g/mol. The quantitative estimate of drug-likeness (QED) is 0.830. The van der Waals surface area contributed by atoms with Crippen LogP contribution >= 0.6 is 38.6 Å². The van der Waals surface area contributed by atoms with Crippen LogP contribution in [-0.4, -0.2) is 12.0 Å². The maximum absolute atomic E-state index is 4.90. The molecule has 1 unspecified atom stereocenters. The summed E-state index contributed by atoms with van der Waals surface area (Å²) >= 11 is 7.13. The molecular weight excluding hydrogens is 340 g/mol. The van der Waals surface area contributed by atoms with Crippen LogP contribution in [0.1, 0.15) is 36.9 Å². The Morgan fingerprint density at radius 3 is 2.89 bits per heavy atom. The number of thiazole rings is 1. The summed E-state index contributed by atoms with van der Waals surface area (Å²) in [6.45, 7) is 4.67. The lowest BCUT2D eigenvalue weighted by atomic mass is 9.76. The first-order chi connectivity index (χ1) is 8.98. The highest BCUT2D eigenvalue weighted by molar-refractivity contribution is 9.10. The molecule has 0 aliphatic heterocycles. The molecule has 0 saturated carbocycles. The number of rotatable bonds is 2. The number of nitrogens with zero attached hydrogens (tertiary/aromatic N) is 1. The van der Waals surface area contributed by atoms with Crippen LogP contribution in [0.15, 0.2) is 15.9 Å². The fourth-order valence-electron chi connectivity index (χ4n) is 2.70. The molecule has 5 heteroatoms. The van der Waals surface area contributed by atoms with Crippen molar-refractivity contribution < 1.29 is 0 Å². The third-order valence-corrected chi connectivity index (χ3v) is 6.65. The Hall–Kier alpha value is -0.230. The summed E-state index contributed by atoms with van der Waals surface area (Å²) in [6.07, 6.45) is 2.27. The van der Waals surface area contributed by atoms with Gasteiger partial charge in [-0.15, -0.1) is 22.7 Å². The van der Waals surface area contributed by atoms with Crippen LogP contribution in [0, 0.1) is 5.41 Å². The number of thiophene rings is 1. The molecule has 0 radical (unpaired) electrons. The lowest BCUT2D eigenvalue weighted by Gasteiger charge is -2.34. The predicted molar refractivity (Wildman–Crippen MR) is 87.0 cm³/mol. The first-order valence-electron chi connectivity index (χ1n) is 6.40. The minimum absolute atomic E-state index is 0.335. The Kier molecular flexibility index (Phi) is 3.58. The zero-order chi connectivity index (χ0) is 13.6. The van der Waals surface area contributed by atoms with Crippen LogP contribution in [0.25, 0.3) is 9.88 Å². The first-order valence-corrected chi connectivity index (χ1v) is 8.89. The molecule has 1 aliphatic rings. The van der Waals surface area contributed by atoms with E-state index in [0.29, 0.717) is 11.5 Å². The minimum atomic E-state index is 0.335. The van der Waals surface area contributed by atoms with Crippen molar-refractivity contribution in [1.82, 2.24) is 10.3 Å². The highest BCUT2D eigenvalue weighted by Crippen LogP contribution is 2.45. The van der Waals surface area contributed by atoms with Gasteiger partial charge < -0.3 is 5.32 Å². The molecule has 2 aromatic rings. The topological polar surface area (TPSA) is 24.9 Å². The Bertz CT molecular complexity index is 600. The average Bonchev–Trinajstić information content (AvgIpc) is 2.92. The molecule has 0 saturated heterocycles. The van der Waals surface area contributed by atoms with Crippen LogP contribution in [0.5, 0.6) is 0 Å². The minimum Gasteiger partial charge on any atom is -0.312 e. The van der Waals surface area contributed by atoms with E-state index in [-0.39, 0.29) is 0 Å². The molecular formula is C14H17BrN2S2. The number of hydrogen-bond donors (Lipinski definition) is 1. The van der Waals surface area contributed by atoms with E-state index in [1.807, 2.05) is 11.3 Å². The van der Waals surface area contributed by atoms with Gasteiger partial charge in [0.05, 0.1) is 10.6 Å². The van der Waals surface area contributed by atoms with Crippen LogP contribution in [0.2, 0.25) is 0 Å². The lowest BCUT2D eigenvalue weighted by Crippen LogP contribution is -2.30. The van der Waals surface area contributed by atoms with Crippen LogP contribution in [0.3, 0.4) is 0 Å². The molecule has 3 rings (SSSR count). The van der Waals surface area contributed by atoms with Gasteiger partial charge in [0, 0.05) is 20.8 Å². The highest BCUT2D eigenvalue weighted by Gasteiger charge is 2.34. The summed E-state index contributed by atoms with van der Waals surface area (Å²) in [6, 6.07) is 2.61. The van der Waals surface area contributed by atoms with E-state index < -0.39 is 0 Å². The van der Waals surface area contributed by atoms with E-state index in [1.165, 1.54) is 26.9 Å². The Morgan fingerprint density at radius 1 is 1.47 bits per heavy atom. The Labute approximate surface area is 130 Å². The third kappa shape index (κ3) is 2.66. The molecule has 102 valence electrons. The van der Waals surface area contributed by atoms with Crippen molar-refractivity contribution in [2.75, 3.05) is 7.05 Å². The van der Waals surface area contributed by atoms with Gasteiger partial charge >= 0.3 is 0 Å². The van der Waals surface area contributed by atoms with Gasteiger partial charge in [-0.25, -0.2) is 4.98 Å². The molecule has 1 atom stereocenters. The van der Waals surface area contributed by atoms with E-state index in [0.717, 1.165) is 10.9 Å². The monoisotopic (exact) mass is 356 g/mol. The normalized spacial score (nSPS) is 21.4. The third-order valence-electron chi connectivity index (χ3n) is 3.57. The van der Waals surface area contributed by atoms with Crippen molar-refractivity contribution in [3.8, 4) is 9.88 Å². The maximum atomic E-state index is 4.90. The number of aromatic nitrogens is 1. The Balaban J connectivity index is 2.02. The molecule has 1 aliphatic carbocycles. The van der Waals surface area contributed by atoms with Gasteiger partial charge in [-0.05, 0) is 47.3 Å². The van der Waals surface area contributed by atoms with Crippen LogP contribution < -0.4 is 5.32 Å². The summed E-state index contributed by atoms with van der Waals surface area (Å²) in [5.74, 6) is 0. The number of nitrogens with one attached hydrogen (secondary N) is 1. The lowest BCUT2D eigenvalue weighted by molar-refractivity contribution is 0.265. The fraction of sp³-hybridized carbons (Fsp3) is 0.500. The summed E-state index contributed by atoms with van der Waals surface area (Å²) in [5.41, 5.74) is 1.63. The zero-order valence-electron chi connectivity index (χ0n) is 11.3. The summed E-state index contributed by atoms with van der Waals surface area (Å²) < 4.78 is 1.14. The van der Waals surface area contributed by atoms with Gasteiger partial charge in [0.2, 0.25) is 0 Å². The van der Waals surface area contributed by atoms with Crippen molar-refractivity contribution in [3.05, 3.63) is 26.5 Å². The largest absolute Gasteiger partial charge is 0.312 e. The van der Waals surface area contributed by atoms with Gasteiger partial charge in [0.1, 0.15) is 5.01 Å². The second kappa shape index (κ2) is 4.95. The van der Waals surface area contributed by atoms with Gasteiger partial charge in [0.15, 0.2) is 0 Å². The predicted octanol–water partition coefficient (Wildman–Crippen LogP) is 4.87. The molecule has 2 nitrogen and oxygen atoms in total. The summed E-state index contributed by atoms with van der Waals surface area (Å²) in [5, 5.41) is 6.74. The highest BCUT2D eigenvalue weighted by atomic mass is 79.9. The Morgan fingerprint density at radius 2 is 2.26 bits per heavy atom. The molecule has 2 aromatic heterocycles. The number of fused-ring (bicyclic) bond motifs is 1. The van der Waals surface area contributed by atoms with E-state index in [9.17, 15) is 0 Å². The standard InChI is InChI=1S/C14H17BrN2S2/c1-14(2)5-9(16-3)12-10(6-14)17-13(19-12)11-4-8(15)7-18-11/h4,7,9,16H,5-6H2,1-3H3. The molecule has 19 heavy (non-hydrogen) atoms. The molecule has 0 fully saturated rings. The van der Waals surface area contributed by atoms with Crippen molar-refractivity contribution in [1.29, 1.82) is 0 Å². The van der Waals surface area contributed by atoms with Gasteiger partial charge in [-0.1, -0.05) is 13.8 Å². The second-order valence-corrected chi connectivity index (χ2v) is 8.70. The van der Waals surface area contributed by atoms with E-state index in [2.05, 4.69) is 53.6 Å². The van der Waals surface area contributed by atoms with Gasteiger partial charge in [0.25, 0.3) is 0 Å². The van der Waals surface area contributed by atoms with Gasteiger partial charge in [-0.3, -0.25) is 0 Å². The molecule has 0 aromatic carbocycles. The maximum Gasteiger partial charge on any atom is 0.133 e. The molecule has 2 heterocycles. The summed E-state index contributed by atoms with van der Waals surface area (Å²) in [7, 11) is 2.05. The second-order valence-electron chi connectivity index (χ2n) is 5.85. The number of halogens is 1. The van der Waals surface area contributed by atoms with E-state index >= 15 is 0 Å². The number of hydrogen-bond acceptors (Lipinski definition) is 4. The van der Waals surface area contributed by atoms with E-state index in [1.54, 1.807) is 11.3 Å². The fourth-order valence-corrected chi connectivity index (χ4v) is 5.38. The van der Waals surface area contributed by atoms with Crippen LogP contribution in [0.4, 0.5) is 0 Å². The molecule has 0 amide bonds. The van der Waals surface area contributed by atoms with Crippen molar-refractivity contribution >= 4 is 38.6 Å². The van der Waals surface area contributed by atoms with Crippen molar-refractivity contribution in [2.45, 2.75) is 32.7 Å². The zero-order valence-corrected chi connectivity index (χ0v) is 14.5. The van der Waals surface area contributed by atoms with Gasteiger partial charge in [-0.2, -0.15) is 0 Å². The van der Waals surface area contributed by atoms with Crippen LogP contribution in [-0.2, 0) is 6.42 Å². The van der Waals surface area contributed by atoms with Crippen molar-refractivity contribution in [2.24, 2.45) is 5.41 Å².